The molecule has 1 aromatic carbocycles. The maximum atomic E-state index is 12.4. The third-order valence-corrected chi connectivity index (χ3v) is 7.00. The van der Waals surface area contributed by atoms with Crippen LogP contribution in [0.4, 0.5) is 0 Å². The van der Waals surface area contributed by atoms with Gasteiger partial charge >= 0.3 is 0 Å². The van der Waals surface area contributed by atoms with Gasteiger partial charge in [0.25, 0.3) is 0 Å². The van der Waals surface area contributed by atoms with Crippen molar-refractivity contribution in [2.24, 2.45) is 0 Å². The quantitative estimate of drug-likeness (QED) is 0.448. The fourth-order valence-corrected chi connectivity index (χ4v) is 4.75. The number of ether oxygens (including phenoxy) is 1. The topological polar surface area (TPSA) is 69.0 Å². The van der Waals surface area contributed by atoms with Crippen molar-refractivity contribution in [3.05, 3.63) is 34.1 Å². The first kappa shape index (κ1) is 22.9. The number of carbonyl (C=O) groups excluding carboxylic acids is 1. The summed E-state index contributed by atoms with van der Waals surface area (Å²) in [6.45, 7) is 7.00. The maximum absolute atomic E-state index is 12.4. The van der Waals surface area contributed by atoms with Crippen LogP contribution in [-0.2, 0) is 17.9 Å². The molecule has 2 aromatic rings. The van der Waals surface area contributed by atoms with E-state index in [9.17, 15) is 4.79 Å². The lowest BCUT2D eigenvalue weighted by Gasteiger charge is -2.16. The molecule has 0 radical (unpaired) electrons. The average molecular weight is 451 g/mol. The van der Waals surface area contributed by atoms with E-state index in [1.165, 1.54) is 37.4 Å². The number of carbonyl (C=O) groups is 1. The molecule has 1 N–H and O–H groups in total. The molecular formula is C22H31ClN4O2S. The van der Waals surface area contributed by atoms with Crippen molar-refractivity contribution in [1.82, 2.24) is 20.1 Å². The highest BCUT2D eigenvalue weighted by Gasteiger charge is 2.17. The predicted octanol–water partition coefficient (Wildman–Crippen LogP) is 5.08. The number of nitrogens with one attached hydrogen (secondary N) is 1. The monoisotopic (exact) mass is 450 g/mol. The van der Waals surface area contributed by atoms with Crippen LogP contribution in [0, 0.1) is 13.8 Å². The Morgan fingerprint density at radius 1 is 1.20 bits per heavy atom. The van der Waals surface area contributed by atoms with Gasteiger partial charge in [-0.25, -0.2) is 0 Å². The molecule has 1 aliphatic rings. The summed E-state index contributed by atoms with van der Waals surface area (Å²) in [6.07, 6.45) is 7.15. The van der Waals surface area contributed by atoms with Crippen molar-refractivity contribution < 1.29 is 9.53 Å². The van der Waals surface area contributed by atoms with Crippen molar-refractivity contribution >= 4 is 29.3 Å². The minimum absolute atomic E-state index is 0.0717. The van der Waals surface area contributed by atoms with Crippen LogP contribution in [-0.4, -0.2) is 32.5 Å². The van der Waals surface area contributed by atoms with E-state index >= 15 is 0 Å². The average Bonchev–Trinajstić information content (AvgIpc) is 2.94. The van der Waals surface area contributed by atoms with Crippen LogP contribution in [0.25, 0.3) is 0 Å². The molecular weight excluding hydrogens is 420 g/mol. The van der Waals surface area contributed by atoms with Gasteiger partial charge in [0.15, 0.2) is 11.0 Å². The Morgan fingerprint density at radius 3 is 2.50 bits per heavy atom. The second-order valence-corrected chi connectivity index (χ2v) is 9.17. The van der Waals surface area contributed by atoms with E-state index in [0.717, 1.165) is 52.3 Å². The van der Waals surface area contributed by atoms with Gasteiger partial charge in [0.2, 0.25) is 5.91 Å². The molecule has 0 aliphatic heterocycles. The van der Waals surface area contributed by atoms with Gasteiger partial charge < -0.3 is 14.6 Å². The maximum Gasteiger partial charge on any atom is 0.230 e. The summed E-state index contributed by atoms with van der Waals surface area (Å²) in [6, 6.07) is 4.17. The fraction of sp³-hybridized carbons (Fsp3) is 0.591. The van der Waals surface area contributed by atoms with E-state index in [0.29, 0.717) is 18.4 Å². The van der Waals surface area contributed by atoms with Crippen LogP contribution in [0.3, 0.4) is 0 Å². The van der Waals surface area contributed by atoms with Crippen molar-refractivity contribution in [2.45, 2.75) is 83.6 Å². The summed E-state index contributed by atoms with van der Waals surface area (Å²) in [5.41, 5.74) is 1.97. The van der Waals surface area contributed by atoms with Gasteiger partial charge in [-0.3, -0.25) is 4.79 Å². The number of hydrogen-bond acceptors (Lipinski definition) is 5. The zero-order valence-corrected chi connectivity index (χ0v) is 19.6. The number of rotatable bonds is 8. The molecule has 0 saturated heterocycles. The van der Waals surface area contributed by atoms with Gasteiger partial charge in [-0.2, -0.15) is 0 Å². The zero-order chi connectivity index (χ0) is 21.5. The largest absolute Gasteiger partial charge is 0.486 e. The Balaban J connectivity index is 1.55. The molecule has 1 aromatic heterocycles. The molecule has 1 amide bonds. The van der Waals surface area contributed by atoms with Gasteiger partial charge in [0.05, 0.1) is 5.75 Å². The predicted molar refractivity (Wildman–Crippen MR) is 121 cm³/mol. The third kappa shape index (κ3) is 6.14. The second kappa shape index (κ2) is 11.0. The molecule has 0 unspecified atom stereocenters. The first-order valence-electron chi connectivity index (χ1n) is 10.7. The number of halogens is 1. The summed E-state index contributed by atoms with van der Waals surface area (Å²) < 4.78 is 7.93. The van der Waals surface area contributed by atoms with E-state index in [1.54, 1.807) is 0 Å². The number of nitrogens with zero attached hydrogens (tertiary/aromatic N) is 3. The van der Waals surface area contributed by atoms with E-state index in [1.807, 2.05) is 37.5 Å². The molecule has 164 valence electrons. The fourth-order valence-electron chi connectivity index (χ4n) is 3.81. The Hall–Kier alpha value is -1.73. The molecule has 3 rings (SSSR count). The molecule has 0 atom stereocenters. The second-order valence-electron chi connectivity index (χ2n) is 7.85. The van der Waals surface area contributed by atoms with E-state index in [2.05, 4.69) is 15.5 Å². The first-order chi connectivity index (χ1) is 14.5. The third-order valence-electron chi connectivity index (χ3n) is 5.44. The van der Waals surface area contributed by atoms with Crippen LogP contribution in [0.15, 0.2) is 17.3 Å². The minimum Gasteiger partial charge on any atom is -0.486 e. The lowest BCUT2D eigenvalue weighted by atomic mass is 10.1. The summed E-state index contributed by atoms with van der Waals surface area (Å²) in [7, 11) is 0. The SMILES string of the molecule is CCn1c(COc2cc(C)c(Cl)c(C)c2)nnc1SCC(=O)NC1CCCCCC1. The van der Waals surface area contributed by atoms with Crippen LogP contribution in [0.1, 0.15) is 62.4 Å². The Morgan fingerprint density at radius 2 is 1.87 bits per heavy atom. The summed E-state index contributed by atoms with van der Waals surface area (Å²) in [4.78, 5) is 12.4. The Bertz CT molecular complexity index is 840. The number of thioether (sulfide) groups is 1. The highest BCUT2D eigenvalue weighted by Crippen LogP contribution is 2.26. The molecule has 8 heteroatoms. The van der Waals surface area contributed by atoms with Crippen molar-refractivity contribution in [3.63, 3.8) is 0 Å². The lowest BCUT2D eigenvalue weighted by molar-refractivity contribution is -0.119. The first-order valence-corrected chi connectivity index (χ1v) is 12.1. The lowest BCUT2D eigenvalue weighted by Crippen LogP contribution is -2.35. The van der Waals surface area contributed by atoms with Gasteiger partial charge in [-0.1, -0.05) is 49.0 Å². The van der Waals surface area contributed by atoms with Gasteiger partial charge in [0, 0.05) is 17.6 Å². The highest BCUT2D eigenvalue weighted by molar-refractivity contribution is 7.99. The Labute approximate surface area is 188 Å². The summed E-state index contributed by atoms with van der Waals surface area (Å²) in [5, 5.41) is 13.2. The van der Waals surface area contributed by atoms with Crippen LogP contribution in [0.5, 0.6) is 5.75 Å². The van der Waals surface area contributed by atoms with Crippen molar-refractivity contribution in [1.29, 1.82) is 0 Å². The van der Waals surface area contributed by atoms with Gasteiger partial charge in [-0.15, -0.1) is 10.2 Å². The van der Waals surface area contributed by atoms with E-state index in [4.69, 9.17) is 16.3 Å². The number of benzene rings is 1. The summed E-state index contributed by atoms with van der Waals surface area (Å²) >= 11 is 7.66. The van der Waals surface area contributed by atoms with Crippen molar-refractivity contribution in [2.75, 3.05) is 5.75 Å². The van der Waals surface area contributed by atoms with E-state index in [-0.39, 0.29) is 5.91 Å². The number of amides is 1. The smallest absolute Gasteiger partial charge is 0.230 e. The zero-order valence-electron chi connectivity index (χ0n) is 18.0. The molecule has 0 bridgehead atoms. The Kier molecular flexibility index (Phi) is 8.45. The summed E-state index contributed by atoms with van der Waals surface area (Å²) in [5.74, 6) is 1.93. The number of aromatic nitrogens is 3. The molecule has 0 spiro atoms. The highest BCUT2D eigenvalue weighted by atomic mass is 35.5. The van der Waals surface area contributed by atoms with Gasteiger partial charge in [-0.05, 0) is 56.9 Å². The molecule has 6 nitrogen and oxygen atoms in total. The molecule has 1 fully saturated rings. The number of aryl methyl sites for hydroxylation is 2. The van der Waals surface area contributed by atoms with E-state index < -0.39 is 0 Å². The normalized spacial score (nSPS) is 15.1. The number of hydrogen-bond donors (Lipinski definition) is 1. The van der Waals surface area contributed by atoms with Crippen LogP contribution in [0.2, 0.25) is 5.02 Å². The van der Waals surface area contributed by atoms with Gasteiger partial charge in [0.1, 0.15) is 12.4 Å². The molecule has 1 saturated carbocycles. The minimum atomic E-state index is 0.0717. The molecule has 1 aliphatic carbocycles. The van der Waals surface area contributed by atoms with Crippen LogP contribution >= 0.6 is 23.4 Å². The van der Waals surface area contributed by atoms with Crippen LogP contribution < -0.4 is 10.1 Å². The van der Waals surface area contributed by atoms with Crippen molar-refractivity contribution in [3.8, 4) is 5.75 Å². The molecule has 30 heavy (non-hydrogen) atoms. The molecule has 1 heterocycles. The standard InChI is InChI=1S/C22H31ClN4O2S/c1-4-27-19(13-29-18-11-15(2)21(23)16(3)12-18)25-26-22(27)30-14-20(28)24-17-9-7-5-6-8-10-17/h11-12,17H,4-10,13-14H2,1-3H3,(H,24,28).